The van der Waals surface area contributed by atoms with E-state index >= 15 is 0 Å². The van der Waals surface area contributed by atoms with E-state index in [1.807, 2.05) is 42.5 Å². The Kier molecular flexibility index (Phi) is 4.08. The van der Waals surface area contributed by atoms with Gasteiger partial charge in [-0.2, -0.15) is 0 Å². The Balaban J connectivity index is 1.86. The minimum atomic E-state index is 0.103. The number of benzene rings is 2. The molecule has 3 aromatic rings. The summed E-state index contributed by atoms with van der Waals surface area (Å²) in [5, 5.41) is 4.08. The van der Waals surface area contributed by atoms with Gasteiger partial charge >= 0.3 is 0 Å². The predicted molar refractivity (Wildman–Crippen MR) is 90.7 cm³/mol. The van der Waals surface area contributed by atoms with Crippen molar-refractivity contribution in [1.29, 1.82) is 0 Å². The van der Waals surface area contributed by atoms with Crippen LogP contribution in [0, 0.1) is 0 Å². The van der Waals surface area contributed by atoms with Gasteiger partial charge < -0.3 is 5.32 Å². The topological polar surface area (TPSA) is 37.8 Å². The lowest BCUT2D eigenvalue weighted by atomic mass is 10.1. The average Bonchev–Trinajstić information content (AvgIpc) is 2.47. The molecule has 0 saturated heterocycles. The molecule has 21 heavy (non-hydrogen) atoms. The lowest BCUT2D eigenvalue weighted by molar-refractivity contribution is 0.874. The number of halogens is 2. The Morgan fingerprint density at radius 1 is 1.14 bits per heavy atom. The zero-order valence-corrected chi connectivity index (χ0v) is 13.7. The van der Waals surface area contributed by atoms with E-state index in [0.717, 1.165) is 31.9 Å². The molecule has 0 spiro atoms. The Morgan fingerprint density at radius 2 is 2.00 bits per heavy atom. The van der Waals surface area contributed by atoms with Gasteiger partial charge in [-0.3, -0.25) is 4.98 Å². The summed E-state index contributed by atoms with van der Waals surface area (Å²) in [4.78, 5) is 9.00. The largest absolute Gasteiger partial charge is 0.362 e. The maximum Gasteiger partial charge on any atom is 0.145 e. The minimum absolute atomic E-state index is 0.103. The SMILES string of the molecule is CC(Nc1cnc2cc(Br)ccc2n1)c1cccc(Cl)c1. The number of aromatic nitrogens is 2. The van der Waals surface area contributed by atoms with E-state index in [0.29, 0.717) is 0 Å². The minimum Gasteiger partial charge on any atom is -0.362 e. The van der Waals surface area contributed by atoms with E-state index in [1.165, 1.54) is 0 Å². The monoisotopic (exact) mass is 361 g/mol. The summed E-state index contributed by atoms with van der Waals surface area (Å²) in [6, 6.07) is 13.8. The first-order valence-electron chi connectivity index (χ1n) is 6.56. The van der Waals surface area contributed by atoms with Crippen LogP contribution >= 0.6 is 27.5 Å². The normalized spacial score (nSPS) is 12.3. The Morgan fingerprint density at radius 3 is 2.81 bits per heavy atom. The zero-order valence-electron chi connectivity index (χ0n) is 11.3. The molecule has 5 heteroatoms. The van der Waals surface area contributed by atoms with E-state index in [9.17, 15) is 0 Å². The third-order valence-corrected chi connectivity index (χ3v) is 3.95. The summed E-state index contributed by atoms with van der Waals surface area (Å²) in [5.74, 6) is 0.747. The van der Waals surface area contributed by atoms with E-state index in [2.05, 4.69) is 38.1 Å². The van der Waals surface area contributed by atoms with Gasteiger partial charge in [-0.25, -0.2) is 4.98 Å². The van der Waals surface area contributed by atoms with Crippen LogP contribution in [0.15, 0.2) is 53.1 Å². The molecule has 0 radical (unpaired) electrons. The van der Waals surface area contributed by atoms with Gasteiger partial charge in [-0.05, 0) is 42.8 Å². The fourth-order valence-corrected chi connectivity index (χ4v) is 2.68. The predicted octanol–water partition coefficient (Wildman–Crippen LogP) is 5.22. The van der Waals surface area contributed by atoms with Crippen molar-refractivity contribution >= 4 is 44.4 Å². The van der Waals surface area contributed by atoms with Gasteiger partial charge in [-0.1, -0.05) is 39.7 Å². The van der Waals surface area contributed by atoms with Gasteiger partial charge in [0.2, 0.25) is 0 Å². The highest BCUT2D eigenvalue weighted by molar-refractivity contribution is 9.10. The summed E-state index contributed by atoms with van der Waals surface area (Å²) in [6.07, 6.45) is 1.75. The molecule has 0 aliphatic heterocycles. The lowest BCUT2D eigenvalue weighted by Crippen LogP contribution is -2.08. The van der Waals surface area contributed by atoms with Crippen LogP contribution in [0.5, 0.6) is 0 Å². The van der Waals surface area contributed by atoms with Gasteiger partial charge in [0.15, 0.2) is 0 Å². The van der Waals surface area contributed by atoms with Crippen molar-refractivity contribution in [2.24, 2.45) is 0 Å². The van der Waals surface area contributed by atoms with E-state index in [-0.39, 0.29) is 6.04 Å². The van der Waals surface area contributed by atoms with Gasteiger partial charge in [0.25, 0.3) is 0 Å². The van der Waals surface area contributed by atoms with Crippen molar-refractivity contribution in [3.63, 3.8) is 0 Å². The highest BCUT2D eigenvalue weighted by Gasteiger charge is 2.07. The van der Waals surface area contributed by atoms with Crippen LogP contribution in [0.3, 0.4) is 0 Å². The van der Waals surface area contributed by atoms with Crippen molar-refractivity contribution < 1.29 is 0 Å². The summed E-state index contributed by atoms with van der Waals surface area (Å²) in [5.41, 5.74) is 2.84. The van der Waals surface area contributed by atoms with Crippen LogP contribution in [0.1, 0.15) is 18.5 Å². The molecule has 0 saturated carbocycles. The first-order chi connectivity index (χ1) is 10.1. The summed E-state index contributed by atoms with van der Waals surface area (Å²) in [7, 11) is 0. The fraction of sp³-hybridized carbons (Fsp3) is 0.125. The molecular formula is C16H13BrClN3. The number of anilines is 1. The maximum absolute atomic E-state index is 6.02. The molecule has 106 valence electrons. The third kappa shape index (κ3) is 3.34. The van der Waals surface area contributed by atoms with Crippen LogP contribution in [-0.4, -0.2) is 9.97 Å². The van der Waals surface area contributed by atoms with Crippen molar-refractivity contribution in [1.82, 2.24) is 9.97 Å². The summed E-state index contributed by atoms with van der Waals surface area (Å²) in [6.45, 7) is 2.07. The van der Waals surface area contributed by atoms with E-state index in [4.69, 9.17) is 11.6 Å². The number of fused-ring (bicyclic) bond motifs is 1. The van der Waals surface area contributed by atoms with E-state index < -0.39 is 0 Å². The highest BCUT2D eigenvalue weighted by Crippen LogP contribution is 2.22. The molecular weight excluding hydrogens is 350 g/mol. The molecule has 1 atom stereocenters. The molecule has 1 aromatic heterocycles. The molecule has 1 N–H and O–H groups in total. The molecule has 0 aliphatic carbocycles. The standard InChI is InChI=1S/C16H13BrClN3/c1-10(11-3-2-4-13(18)7-11)20-16-9-19-15-8-12(17)5-6-14(15)21-16/h2-10H,1H3,(H,20,21). The molecule has 2 aromatic carbocycles. The number of rotatable bonds is 3. The smallest absolute Gasteiger partial charge is 0.145 e. The molecule has 1 heterocycles. The fourth-order valence-electron chi connectivity index (χ4n) is 2.13. The number of nitrogens with zero attached hydrogens (tertiary/aromatic N) is 2. The molecule has 1 unspecified atom stereocenters. The molecule has 3 rings (SSSR count). The van der Waals surface area contributed by atoms with Gasteiger partial charge in [0.05, 0.1) is 23.3 Å². The highest BCUT2D eigenvalue weighted by atomic mass is 79.9. The van der Waals surface area contributed by atoms with Gasteiger partial charge in [0.1, 0.15) is 5.82 Å². The summed E-state index contributed by atoms with van der Waals surface area (Å²) < 4.78 is 0.998. The maximum atomic E-state index is 6.02. The molecule has 0 fully saturated rings. The number of hydrogen-bond donors (Lipinski definition) is 1. The zero-order chi connectivity index (χ0) is 14.8. The average molecular weight is 363 g/mol. The Hall–Kier alpha value is -1.65. The molecule has 3 nitrogen and oxygen atoms in total. The number of hydrogen-bond acceptors (Lipinski definition) is 3. The lowest BCUT2D eigenvalue weighted by Gasteiger charge is -2.15. The number of nitrogens with one attached hydrogen (secondary N) is 1. The third-order valence-electron chi connectivity index (χ3n) is 3.22. The van der Waals surface area contributed by atoms with Crippen molar-refractivity contribution in [3.05, 3.63) is 63.7 Å². The van der Waals surface area contributed by atoms with Crippen LogP contribution < -0.4 is 5.32 Å². The van der Waals surface area contributed by atoms with Crippen molar-refractivity contribution in [2.45, 2.75) is 13.0 Å². The van der Waals surface area contributed by atoms with Gasteiger partial charge in [0, 0.05) is 9.50 Å². The van der Waals surface area contributed by atoms with E-state index in [1.54, 1.807) is 6.20 Å². The van der Waals surface area contributed by atoms with Crippen LogP contribution in [-0.2, 0) is 0 Å². The second-order valence-corrected chi connectivity index (χ2v) is 6.16. The van der Waals surface area contributed by atoms with Crippen molar-refractivity contribution in [2.75, 3.05) is 5.32 Å². The Labute approximate surface area is 136 Å². The van der Waals surface area contributed by atoms with Crippen LogP contribution in [0.4, 0.5) is 5.82 Å². The quantitative estimate of drug-likeness (QED) is 0.694. The Bertz CT molecular complexity index is 791. The molecule has 0 bridgehead atoms. The van der Waals surface area contributed by atoms with Crippen LogP contribution in [0.25, 0.3) is 11.0 Å². The van der Waals surface area contributed by atoms with Gasteiger partial charge in [-0.15, -0.1) is 0 Å². The molecule has 0 aliphatic rings. The second-order valence-electron chi connectivity index (χ2n) is 4.81. The van der Waals surface area contributed by atoms with Crippen LogP contribution in [0.2, 0.25) is 5.02 Å². The first kappa shape index (κ1) is 14.3. The molecule has 0 amide bonds. The summed E-state index contributed by atoms with van der Waals surface area (Å²) >= 11 is 9.46. The second kappa shape index (κ2) is 6.00. The van der Waals surface area contributed by atoms with Crippen molar-refractivity contribution in [3.8, 4) is 0 Å². The first-order valence-corrected chi connectivity index (χ1v) is 7.73.